The van der Waals surface area contributed by atoms with Gasteiger partial charge in [0.05, 0.1) is 12.2 Å². The van der Waals surface area contributed by atoms with Crippen LogP contribution in [0.1, 0.15) is 66.7 Å². The Morgan fingerprint density at radius 2 is 1.68 bits per heavy atom. The third-order valence-corrected chi connectivity index (χ3v) is 5.31. The molecule has 0 bridgehead atoms. The van der Waals surface area contributed by atoms with Gasteiger partial charge in [-0.2, -0.15) is 0 Å². The van der Waals surface area contributed by atoms with Gasteiger partial charge >= 0.3 is 0 Å². The first-order valence-corrected chi connectivity index (χ1v) is 8.29. The SMILES string of the molecule is CCC(C)OC1CN(C2CCC(C(C)(C)C)CC2)C1. The van der Waals surface area contributed by atoms with Gasteiger partial charge in [0.1, 0.15) is 0 Å². The summed E-state index contributed by atoms with van der Waals surface area (Å²) in [5.74, 6) is 0.928. The molecule has 0 spiro atoms. The van der Waals surface area contributed by atoms with Gasteiger partial charge in [-0.15, -0.1) is 0 Å². The van der Waals surface area contributed by atoms with Crippen molar-refractivity contribution in [3.8, 4) is 0 Å². The number of likely N-dealkylation sites (tertiary alicyclic amines) is 1. The van der Waals surface area contributed by atoms with Crippen molar-refractivity contribution in [3.05, 3.63) is 0 Å². The lowest BCUT2D eigenvalue weighted by Crippen LogP contribution is -2.57. The van der Waals surface area contributed by atoms with Crippen LogP contribution in [0, 0.1) is 11.3 Å². The zero-order valence-electron chi connectivity index (χ0n) is 13.6. The fourth-order valence-corrected chi connectivity index (χ4v) is 3.59. The fraction of sp³-hybridized carbons (Fsp3) is 1.00. The Kier molecular flexibility index (Phi) is 4.94. The Hall–Kier alpha value is -0.0800. The van der Waals surface area contributed by atoms with Crippen LogP contribution >= 0.6 is 0 Å². The van der Waals surface area contributed by atoms with Crippen molar-refractivity contribution in [1.29, 1.82) is 0 Å². The van der Waals surface area contributed by atoms with E-state index in [0.29, 0.717) is 17.6 Å². The molecule has 2 rings (SSSR count). The van der Waals surface area contributed by atoms with E-state index in [2.05, 4.69) is 39.5 Å². The lowest BCUT2D eigenvalue weighted by molar-refractivity contribution is -0.107. The minimum atomic E-state index is 0.434. The predicted molar refractivity (Wildman–Crippen MR) is 81.4 cm³/mol. The first-order chi connectivity index (χ1) is 8.90. The second-order valence-corrected chi connectivity index (χ2v) is 7.80. The van der Waals surface area contributed by atoms with E-state index >= 15 is 0 Å². The molecule has 0 N–H and O–H groups in total. The molecule has 1 aliphatic carbocycles. The first kappa shape index (κ1) is 15.3. The van der Waals surface area contributed by atoms with Crippen LogP contribution < -0.4 is 0 Å². The molecule has 2 fully saturated rings. The van der Waals surface area contributed by atoms with Crippen molar-refractivity contribution in [1.82, 2.24) is 4.90 Å². The average molecular weight is 267 g/mol. The zero-order chi connectivity index (χ0) is 14.0. The number of hydrogen-bond acceptors (Lipinski definition) is 2. The summed E-state index contributed by atoms with van der Waals surface area (Å²) in [4.78, 5) is 2.66. The normalized spacial score (nSPS) is 32.1. The van der Waals surface area contributed by atoms with Gasteiger partial charge in [-0.05, 0) is 50.4 Å². The van der Waals surface area contributed by atoms with Gasteiger partial charge in [-0.3, -0.25) is 4.90 Å². The molecule has 1 saturated heterocycles. The lowest BCUT2D eigenvalue weighted by atomic mass is 9.71. The summed E-state index contributed by atoms with van der Waals surface area (Å²) in [5.41, 5.74) is 0.502. The van der Waals surface area contributed by atoms with Crippen molar-refractivity contribution in [2.45, 2.75) is 85.0 Å². The van der Waals surface area contributed by atoms with Gasteiger partial charge in [0.25, 0.3) is 0 Å². The highest BCUT2D eigenvalue weighted by molar-refractivity contribution is 4.91. The van der Waals surface area contributed by atoms with Crippen molar-refractivity contribution < 1.29 is 4.74 Å². The minimum Gasteiger partial charge on any atom is -0.373 e. The third-order valence-electron chi connectivity index (χ3n) is 5.31. The van der Waals surface area contributed by atoms with E-state index in [1.54, 1.807) is 0 Å². The molecule has 1 aliphatic heterocycles. The van der Waals surface area contributed by atoms with Crippen molar-refractivity contribution in [3.63, 3.8) is 0 Å². The van der Waals surface area contributed by atoms with Crippen LogP contribution in [0.2, 0.25) is 0 Å². The number of rotatable bonds is 4. The summed E-state index contributed by atoms with van der Waals surface area (Å²) in [5, 5.41) is 0. The molecular formula is C17H33NO. The Labute approximate surface area is 119 Å². The van der Waals surface area contributed by atoms with Crippen molar-refractivity contribution in [2.24, 2.45) is 11.3 Å². The van der Waals surface area contributed by atoms with Crippen LogP contribution in [0.4, 0.5) is 0 Å². The molecule has 19 heavy (non-hydrogen) atoms. The van der Waals surface area contributed by atoms with Crippen molar-refractivity contribution in [2.75, 3.05) is 13.1 Å². The summed E-state index contributed by atoms with van der Waals surface area (Å²) >= 11 is 0. The van der Waals surface area contributed by atoms with E-state index in [-0.39, 0.29) is 0 Å². The summed E-state index contributed by atoms with van der Waals surface area (Å²) < 4.78 is 5.99. The van der Waals surface area contributed by atoms with Crippen molar-refractivity contribution >= 4 is 0 Å². The van der Waals surface area contributed by atoms with Gasteiger partial charge in [0, 0.05) is 19.1 Å². The average Bonchev–Trinajstić information content (AvgIpc) is 2.32. The highest BCUT2D eigenvalue weighted by Crippen LogP contribution is 2.39. The van der Waals surface area contributed by atoms with E-state index in [9.17, 15) is 0 Å². The summed E-state index contributed by atoms with van der Waals surface area (Å²) in [7, 11) is 0. The topological polar surface area (TPSA) is 12.5 Å². The molecule has 1 atom stereocenters. The molecule has 2 aliphatic rings. The van der Waals surface area contributed by atoms with Crippen LogP contribution in [0.15, 0.2) is 0 Å². The van der Waals surface area contributed by atoms with E-state index in [1.165, 1.54) is 38.8 Å². The van der Waals surface area contributed by atoms with Crippen LogP contribution in [0.5, 0.6) is 0 Å². The van der Waals surface area contributed by atoms with E-state index in [0.717, 1.165) is 18.4 Å². The zero-order valence-corrected chi connectivity index (χ0v) is 13.6. The van der Waals surface area contributed by atoms with Gasteiger partial charge in [0.15, 0.2) is 0 Å². The van der Waals surface area contributed by atoms with Gasteiger partial charge < -0.3 is 4.74 Å². The number of hydrogen-bond donors (Lipinski definition) is 0. The Bertz CT molecular complexity index is 269. The summed E-state index contributed by atoms with van der Waals surface area (Å²) in [6.07, 6.45) is 7.71. The maximum atomic E-state index is 5.99. The minimum absolute atomic E-state index is 0.434. The molecule has 1 saturated carbocycles. The monoisotopic (exact) mass is 267 g/mol. The second-order valence-electron chi connectivity index (χ2n) is 7.80. The maximum Gasteiger partial charge on any atom is 0.0832 e. The molecule has 112 valence electrons. The highest BCUT2D eigenvalue weighted by atomic mass is 16.5. The standard InChI is InChI=1S/C17H33NO/c1-6-13(2)19-16-11-18(12-16)15-9-7-14(8-10-15)17(3,4)5/h13-16H,6-12H2,1-5H3. The van der Waals surface area contributed by atoms with Crippen LogP contribution in [0.25, 0.3) is 0 Å². The predicted octanol–water partition coefficient (Wildman–Crippen LogP) is 4.09. The largest absolute Gasteiger partial charge is 0.373 e. The third kappa shape index (κ3) is 3.95. The Balaban J connectivity index is 1.67. The van der Waals surface area contributed by atoms with Crippen LogP contribution in [0.3, 0.4) is 0 Å². The van der Waals surface area contributed by atoms with E-state index in [1.807, 2.05) is 0 Å². The molecule has 0 radical (unpaired) electrons. The lowest BCUT2D eigenvalue weighted by Gasteiger charge is -2.48. The number of nitrogens with zero attached hydrogens (tertiary/aromatic N) is 1. The Morgan fingerprint density at radius 1 is 1.11 bits per heavy atom. The molecule has 1 heterocycles. The molecule has 0 aromatic heterocycles. The summed E-state index contributed by atoms with van der Waals surface area (Å²) in [6.45, 7) is 13.9. The van der Waals surface area contributed by atoms with Crippen LogP contribution in [-0.4, -0.2) is 36.2 Å². The number of ether oxygens (including phenoxy) is 1. The fourth-order valence-electron chi connectivity index (χ4n) is 3.59. The molecule has 0 aromatic rings. The van der Waals surface area contributed by atoms with E-state index < -0.39 is 0 Å². The van der Waals surface area contributed by atoms with Gasteiger partial charge in [-0.1, -0.05) is 27.7 Å². The molecule has 0 aromatic carbocycles. The molecule has 2 nitrogen and oxygen atoms in total. The van der Waals surface area contributed by atoms with Gasteiger partial charge in [-0.25, -0.2) is 0 Å². The quantitative estimate of drug-likeness (QED) is 0.760. The van der Waals surface area contributed by atoms with E-state index in [4.69, 9.17) is 4.74 Å². The smallest absolute Gasteiger partial charge is 0.0832 e. The molecule has 2 heteroatoms. The molecule has 0 amide bonds. The van der Waals surface area contributed by atoms with Crippen LogP contribution in [-0.2, 0) is 4.74 Å². The Morgan fingerprint density at radius 3 is 2.16 bits per heavy atom. The first-order valence-electron chi connectivity index (χ1n) is 8.29. The molecular weight excluding hydrogens is 234 g/mol. The molecule has 1 unspecified atom stereocenters. The highest BCUT2D eigenvalue weighted by Gasteiger charge is 2.37. The maximum absolute atomic E-state index is 5.99. The second kappa shape index (κ2) is 6.13. The van der Waals surface area contributed by atoms with Gasteiger partial charge in [0.2, 0.25) is 0 Å². The summed E-state index contributed by atoms with van der Waals surface area (Å²) in [6, 6.07) is 0.843.